The summed E-state index contributed by atoms with van der Waals surface area (Å²) in [4.78, 5) is 20.0. The number of benzene rings is 1. The number of aromatic nitrogens is 2. The predicted octanol–water partition coefficient (Wildman–Crippen LogP) is 3.30. The summed E-state index contributed by atoms with van der Waals surface area (Å²) in [7, 11) is 2.77. The number of pyridine rings is 1. The van der Waals surface area contributed by atoms with E-state index in [0.717, 1.165) is 6.07 Å². The van der Waals surface area contributed by atoms with Gasteiger partial charge in [-0.2, -0.15) is 13.2 Å². The van der Waals surface area contributed by atoms with Crippen LogP contribution in [0.4, 0.5) is 13.2 Å². The van der Waals surface area contributed by atoms with Crippen molar-refractivity contribution in [1.29, 1.82) is 0 Å². The summed E-state index contributed by atoms with van der Waals surface area (Å²) >= 11 is 0. The van der Waals surface area contributed by atoms with Crippen LogP contribution in [0.5, 0.6) is 5.75 Å². The van der Waals surface area contributed by atoms with Crippen LogP contribution in [0.1, 0.15) is 34.9 Å². The molecule has 148 valence electrons. The van der Waals surface area contributed by atoms with Crippen LogP contribution in [-0.4, -0.2) is 30.0 Å². The Morgan fingerprint density at radius 3 is 2.54 bits per heavy atom. The van der Waals surface area contributed by atoms with Crippen molar-refractivity contribution < 1.29 is 27.1 Å². The van der Waals surface area contributed by atoms with Gasteiger partial charge in [0.2, 0.25) is 5.89 Å². The molecule has 0 spiro atoms. The largest absolute Gasteiger partial charge is 0.494 e. The topological polar surface area (TPSA) is 103 Å². The molecule has 3 rings (SSSR count). The van der Waals surface area contributed by atoms with E-state index in [9.17, 15) is 18.0 Å². The number of oxazole rings is 1. The molecule has 28 heavy (non-hydrogen) atoms. The fraction of sp³-hybridized carbons (Fsp3) is 0.278. The SMILES string of the molecule is CNC(=O)c1nc(-c2ccc(OC)c3nc(C(F)(F)F)ccc23)oc1[C@H](C)N. The molecular weight excluding hydrogens is 377 g/mol. The van der Waals surface area contributed by atoms with Crippen LogP contribution in [0.25, 0.3) is 22.4 Å². The molecule has 0 fully saturated rings. The summed E-state index contributed by atoms with van der Waals surface area (Å²) < 4.78 is 50.0. The number of nitrogens with one attached hydrogen (secondary N) is 1. The van der Waals surface area contributed by atoms with E-state index in [1.54, 1.807) is 13.0 Å². The Kier molecular flexibility index (Phi) is 4.99. The molecule has 0 aliphatic heterocycles. The van der Waals surface area contributed by atoms with Gasteiger partial charge in [-0.05, 0) is 31.2 Å². The Balaban J connectivity index is 2.26. The molecule has 0 aliphatic rings. The van der Waals surface area contributed by atoms with Crippen LogP contribution in [0.15, 0.2) is 28.7 Å². The molecular formula is C18H17F3N4O3. The van der Waals surface area contributed by atoms with Gasteiger partial charge in [0.05, 0.1) is 13.2 Å². The van der Waals surface area contributed by atoms with E-state index < -0.39 is 23.8 Å². The van der Waals surface area contributed by atoms with Crippen LogP contribution in [0, 0.1) is 0 Å². The monoisotopic (exact) mass is 394 g/mol. The molecule has 2 heterocycles. The number of nitrogens with zero attached hydrogens (tertiary/aromatic N) is 2. The van der Waals surface area contributed by atoms with Crippen LogP contribution < -0.4 is 15.8 Å². The van der Waals surface area contributed by atoms with Crippen molar-refractivity contribution in [3.05, 3.63) is 41.4 Å². The molecule has 0 saturated heterocycles. The van der Waals surface area contributed by atoms with Gasteiger partial charge in [-0.1, -0.05) is 0 Å². The second-order valence-electron chi connectivity index (χ2n) is 6.01. The van der Waals surface area contributed by atoms with Gasteiger partial charge in [0.25, 0.3) is 5.91 Å². The Hall–Kier alpha value is -3.14. The first-order valence-corrected chi connectivity index (χ1v) is 8.21. The first-order valence-electron chi connectivity index (χ1n) is 8.21. The molecule has 7 nitrogen and oxygen atoms in total. The lowest BCUT2D eigenvalue weighted by Gasteiger charge is -2.11. The molecule has 0 aliphatic carbocycles. The number of hydrogen-bond acceptors (Lipinski definition) is 6. The zero-order chi connectivity index (χ0) is 20.6. The Morgan fingerprint density at radius 1 is 1.25 bits per heavy atom. The van der Waals surface area contributed by atoms with Crippen molar-refractivity contribution in [1.82, 2.24) is 15.3 Å². The molecule has 3 aromatic rings. The van der Waals surface area contributed by atoms with E-state index in [-0.39, 0.29) is 28.6 Å². The van der Waals surface area contributed by atoms with Crippen LogP contribution in [-0.2, 0) is 6.18 Å². The minimum Gasteiger partial charge on any atom is -0.494 e. The average molecular weight is 394 g/mol. The van der Waals surface area contributed by atoms with E-state index in [0.29, 0.717) is 10.9 Å². The van der Waals surface area contributed by atoms with Crippen molar-refractivity contribution in [3.8, 4) is 17.2 Å². The van der Waals surface area contributed by atoms with E-state index in [1.807, 2.05) is 0 Å². The van der Waals surface area contributed by atoms with Gasteiger partial charge >= 0.3 is 6.18 Å². The van der Waals surface area contributed by atoms with E-state index in [2.05, 4.69) is 15.3 Å². The zero-order valence-electron chi connectivity index (χ0n) is 15.2. The number of halogens is 3. The van der Waals surface area contributed by atoms with Gasteiger partial charge in [0.15, 0.2) is 11.5 Å². The zero-order valence-corrected chi connectivity index (χ0v) is 15.2. The summed E-state index contributed by atoms with van der Waals surface area (Å²) in [6.45, 7) is 1.63. The maximum absolute atomic E-state index is 13.1. The summed E-state index contributed by atoms with van der Waals surface area (Å²) in [5, 5.41) is 2.77. The smallest absolute Gasteiger partial charge is 0.433 e. The van der Waals surface area contributed by atoms with Crippen molar-refractivity contribution >= 4 is 16.8 Å². The van der Waals surface area contributed by atoms with Crippen molar-refractivity contribution in [3.63, 3.8) is 0 Å². The molecule has 1 atom stereocenters. The van der Waals surface area contributed by atoms with Gasteiger partial charge in [0, 0.05) is 18.0 Å². The lowest BCUT2D eigenvalue weighted by Crippen LogP contribution is -2.21. The van der Waals surface area contributed by atoms with E-state index in [1.165, 1.54) is 26.3 Å². The fourth-order valence-electron chi connectivity index (χ4n) is 2.74. The quantitative estimate of drug-likeness (QED) is 0.704. The molecule has 0 unspecified atom stereocenters. The summed E-state index contributed by atoms with van der Waals surface area (Å²) in [5.74, 6) is -0.119. The number of carbonyl (C=O) groups excluding carboxylic acids is 1. The van der Waals surface area contributed by atoms with Gasteiger partial charge in [-0.3, -0.25) is 4.79 Å². The number of methoxy groups -OCH3 is 1. The van der Waals surface area contributed by atoms with Gasteiger partial charge in [-0.15, -0.1) is 0 Å². The number of ether oxygens (including phenoxy) is 1. The number of alkyl halides is 3. The van der Waals surface area contributed by atoms with Gasteiger partial charge < -0.3 is 20.2 Å². The minimum absolute atomic E-state index is 0.00290. The first-order chi connectivity index (χ1) is 13.2. The highest BCUT2D eigenvalue weighted by atomic mass is 19.4. The Morgan fingerprint density at radius 2 is 1.96 bits per heavy atom. The van der Waals surface area contributed by atoms with Crippen LogP contribution in [0.3, 0.4) is 0 Å². The Labute approximate surface area is 157 Å². The molecule has 3 N–H and O–H groups in total. The number of rotatable bonds is 4. The van der Waals surface area contributed by atoms with E-state index in [4.69, 9.17) is 14.9 Å². The number of fused-ring (bicyclic) bond motifs is 1. The second-order valence-corrected chi connectivity index (χ2v) is 6.01. The minimum atomic E-state index is -4.60. The number of amides is 1. The molecule has 1 aromatic carbocycles. The molecule has 2 aromatic heterocycles. The van der Waals surface area contributed by atoms with Crippen molar-refractivity contribution in [2.24, 2.45) is 5.73 Å². The second kappa shape index (κ2) is 7.12. The highest BCUT2D eigenvalue weighted by Gasteiger charge is 2.33. The Bertz CT molecular complexity index is 1040. The third-order valence-electron chi connectivity index (χ3n) is 4.07. The molecule has 1 amide bonds. The lowest BCUT2D eigenvalue weighted by atomic mass is 10.1. The predicted molar refractivity (Wildman–Crippen MR) is 94.8 cm³/mol. The van der Waals surface area contributed by atoms with Gasteiger partial charge in [-0.25, -0.2) is 9.97 Å². The molecule has 0 bridgehead atoms. The van der Waals surface area contributed by atoms with Gasteiger partial charge in [0.1, 0.15) is 17.0 Å². The van der Waals surface area contributed by atoms with Crippen molar-refractivity contribution in [2.75, 3.05) is 14.2 Å². The van der Waals surface area contributed by atoms with Crippen LogP contribution >= 0.6 is 0 Å². The standard InChI is InChI=1S/C18H17F3N4O3/c1-8(22)15-14(16(26)23-2)25-17(28-15)10-4-6-11(27-3)13-9(10)5-7-12(24-13)18(19,20)21/h4-8H,22H2,1-3H3,(H,23,26)/t8-/m0/s1. The number of hydrogen-bond donors (Lipinski definition) is 2. The summed E-state index contributed by atoms with van der Waals surface area (Å²) in [6, 6.07) is 4.53. The maximum Gasteiger partial charge on any atom is 0.433 e. The normalized spacial score (nSPS) is 12.8. The molecule has 10 heteroatoms. The highest BCUT2D eigenvalue weighted by Crippen LogP contribution is 2.37. The maximum atomic E-state index is 13.1. The molecule has 0 saturated carbocycles. The number of nitrogens with two attached hydrogens (primary N) is 1. The third kappa shape index (κ3) is 3.38. The average Bonchev–Trinajstić information content (AvgIpc) is 3.10. The lowest BCUT2D eigenvalue weighted by molar-refractivity contribution is -0.140. The summed E-state index contributed by atoms with van der Waals surface area (Å²) in [5.41, 5.74) is 5.17. The van der Waals surface area contributed by atoms with Crippen molar-refractivity contribution in [2.45, 2.75) is 19.1 Å². The molecule has 0 radical (unpaired) electrons. The summed E-state index contributed by atoms with van der Waals surface area (Å²) in [6.07, 6.45) is -4.60. The third-order valence-corrected chi connectivity index (χ3v) is 4.07. The highest BCUT2D eigenvalue weighted by molar-refractivity contribution is 5.98. The first kappa shape index (κ1) is 19.6. The van der Waals surface area contributed by atoms with E-state index >= 15 is 0 Å². The van der Waals surface area contributed by atoms with Crippen LogP contribution in [0.2, 0.25) is 0 Å². The fourth-order valence-corrected chi connectivity index (χ4v) is 2.74. The number of carbonyl (C=O) groups is 1.